The van der Waals surface area contributed by atoms with Crippen LogP contribution in [0, 0.1) is 6.92 Å². The Morgan fingerprint density at radius 3 is 1.69 bits per heavy atom. The fourth-order valence-corrected chi connectivity index (χ4v) is 10.2. The van der Waals surface area contributed by atoms with Gasteiger partial charge < -0.3 is 31.5 Å². The third-order valence-corrected chi connectivity index (χ3v) is 15.5. The Bertz CT molecular complexity index is 3950. The van der Waals surface area contributed by atoms with Crippen LogP contribution in [0.2, 0.25) is 0 Å². The molecule has 0 unspecified atom stereocenters. The number of aromatic nitrogens is 6. The molecule has 0 bridgehead atoms. The fourth-order valence-electron chi connectivity index (χ4n) is 6.70. The van der Waals surface area contributed by atoms with Gasteiger partial charge in [-0.3, -0.25) is 26.9 Å². The lowest BCUT2D eigenvalue weighted by Gasteiger charge is -2.21. The van der Waals surface area contributed by atoms with Gasteiger partial charge in [0.1, 0.15) is 15.5 Å². The van der Waals surface area contributed by atoms with Gasteiger partial charge in [0, 0.05) is 36.7 Å². The highest BCUT2D eigenvalue weighted by Crippen LogP contribution is 2.31. The maximum Gasteiger partial charge on any atom is 0.297 e. The van der Waals surface area contributed by atoms with E-state index in [-0.39, 0.29) is 88.2 Å². The van der Waals surface area contributed by atoms with Gasteiger partial charge >= 0.3 is 0 Å². The topological polar surface area (TPSA) is 456 Å². The molecular weight excluding hydrogens is 1140 g/mol. The molecule has 0 saturated heterocycles. The first-order valence-corrected chi connectivity index (χ1v) is 30.7. The van der Waals surface area contributed by atoms with E-state index in [4.69, 9.17) is 4.18 Å². The monoisotopic (exact) mass is 1190 g/mol. The van der Waals surface area contributed by atoms with Crippen molar-refractivity contribution < 1.29 is 77.5 Å². The van der Waals surface area contributed by atoms with Gasteiger partial charge in [-0.15, -0.1) is 0 Å². The zero-order valence-electron chi connectivity index (χ0n) is 40.0. The van der Waals surface area contributed by atoms with E-state index in [9.17, 15) is 73.3 Å². The highest BCUT2D eigenvalue weighted by molar-refractivity contribution is 7.87. The molecule has 36 heteroatoms. The van der Waals surface area contributed by atoms with Crippen molar-refractivity contribution >= 4 is 131 Å². The molecule has 30 nitrogen and oxygen atoms in total. The normalized spacial score (nSPS) is 12.6. The molecule has 2 aromatic heterocycles. The quantitative estimate of drug-likeness (QED) is 0.0222. The van der Waals surface area contributed by atoms with Gasteiger partial charge in [0.25, 0.3) is 60.7 Å². The van der Waals surface area contributed by atoms with Crippen molar-refractivity contribution in [1.82, 2.24) is 29.9 Å². The van der Waals surface area contributed by atoms with Gasteiger partial charge in [-0.05, 0) is 84.6 Å². The van der Waals surface area contributed by atoms with Crippen molar-refractivity contribution in [2.75, 3.05) is 69.7 Å². The van der Waals surface area contributed by atoms with E-state index in [0.717, 1.165) is 31.4 Å². The first kappa shape index (κ1) is 59.1. The molecule has 0 fully saturated rings. The molecule has 6 rings (SSSR count). The molecule has 0 aliphatic carbocycles. The maximum absolute atomic E-state index is 13.5. The molecule has 0 saturated carbocycles. The molecule has 2 heterocycles. The summed E-state index contributed by atoms with van der Waals surface area (Å²) in [6.07, 6.45) is 2.60. The van der Waals surface area contributed by atoms with Crippen molar-refractivity contribution in [2.24, 2.45) is 0 Å². The number of para-hydroxylation sites is 1. The van der Waals surface area contributed by atoms with Crippen LogP contribution in [-0.4, -0.2) is 141 Å². The van der Waals surface area contributed by atoms with Crippen LogP contribution in [0.4, 0.5) is 58.4 Å². The number of rotatable bonds is 25. The van der Waals surface area contributed by atoms with E-state index >= 15 is 0 Å². The summed E-state index contributed by atoms with van der Waals surface area (Å²) in [5, 5.41) is 13.7. The minimum atomic E-state index is -4.77. The molecule has 0 atom stereocenters. The highest BCUT2D eigenvalue weighted by Gasteiger charge is 2.23. The molecule has 0 amide bonds. The molecule has 0 spiro atoms. The van der Waals surface area contributed by atoms with Gasteiger partial charge in [-0.2, -0.15) is 80.4 Å². The van der Waals surface area contributed by atoms with Gasteiger partial charge in [-0.1, -0.05) is 42.5 Å². The van der Waals surface area contributed by atoms with Crippen LogP contribution in [0.15, 0.2) is 93.5 Å². The zero-order chi connectivity index (χ0) is 56.7. The summed E-state index contributed by atoms with van der Waals surface area (Å²) >= 11 is 0. The van der Waals surface area contributed by atoms with Gasteiger partial charge in [0.2, 0.25) is 35.7 Å². The lowest BCUT2D eigenvalue weighted by Crippen LogP contribution is -2.31. The Labute approximate surface area is 441 Å². The lowest BCUT2D eigenvalue weighted by atomic mass is 10.1. The maximum atomic E-state index is 13.5. The number of aryl methyl sites for hydroxylation is 1. The summed E-state index contributed by atoms with van der Waals surface area (Å²) in [4.78, 5) is 25.3. The number of benzene rings is 4. The number of anilines is 10. The third-order valence-electron chi connectivity index (χ3n) is 10.3. The van der Waals surface area contributed by atoms with Crippen LogP contribution in [0.3, 0.4) is 0 Å². The number of nitrogens with zero attached hydrogens (tertiary/aromatic N) is 7. The van der Waals surface area contributed by atoms with Gasteiger partial charge in [0.15, 0.2) is 0 Å². The van der Waals surface area contributed by atoms with E-state index < -0.39 is 99.2 Å². The molecule has 0 aliphatic rings. The number of hydrogen-bond acceptors (Lipinski definition) is 25. The van der Waals surface area contributed by atoms with E-state index in [0.29, 0.717) is 5.56 Å². The molecular formula is C41H46N12O18S6. The summed E-state index contributed by atoms with van der Waals surface area (Å²) in [7, 11) is -26.8. The van der Waals surface area contributed by atoms with Gasteiger partial charge in [-0.25, -0.2) is 0 Å². The van der Waals surface area contributed by atoms with E-state index in [1.54, 1.807) is 13.8 Å². The van der Waals surface area contributed by atoms with Crippen LogP contribution in [-0.2, 0) is 70.6 Å². The fraction of sp³-hybridized carbons (Fsp3) is 0.220. The predicted molar refractivity (Wildman–Crippen MR) is 281 cm³/mol. The summed E-state index contributed by atoms with van der Waals surface area (Å²) < 4.78 is 198. The second-order valence-corrected chi connectivity index (χ2v) is 25.0. The first-order valence-electron chi connectivity index (χ1n) is 21.6. The van der Waals surface area contributed by atoms with E-state index in [1.807, 2.05) is 0 Å². The van der Waals surface area contributed by atoms with Gasteiger partial charge in [0.05, 0.1) is 29.2 Å². The molecule has 0 aliphatic heterocycles. The van der Waals surface area contributed by atoms with Crippen LogP contribution in [0.5, 0.6) is 0 Å². The Morgan fingerprint density at radius 2 is 1.10 bits per heavy atom. The SMILES string of the molecule is CCN(CCS(=O)(=O)O)c1nc(Nc2ccc(/C=C/c3ccc(Nc4nc(NCCS(=O)(=O)O)nc(Nc5ccccc5S(=O)(=O)O)n4)cc3CS(=O)(=O)O)c(S(=O)(=O)OC)c2)nc(Nc2cc(S(=O)(=O)O)ccc2C)n1. The number of nitrogens with one attached hydrogen (secondary N) is 5. The molecule has 4 aromatic carbocycles. The minimum absolute atomic E-state index is 0.0185. The largest absolute Gasteiger partial charge is 0.353 e. The third kappa shape index (κ3) is 17.5. The smallest absolute Gasteiger partial charge is 0.297 e. The molecule has 10 N–H and O–H groups in total. The highest BCUT2D eigenvalue weighted by atomic mass is 32.2. The Hall–Kier alpha value is -7.10. The predicted octanol–water partition coefficient (Wildman–Crippen LogP) is 3.74. The summed E-state index contributed by atoms with van der Waals surface area (Å²) in [6, 6.07) is 16.6. The molecule has 414 valence electrons. The minimum Gasteiger partial charge on any atom is -0.353 e. The van der Waals surface area contributed by atoms with Crippen molar-refractivity contribution in [3.8, 4) is 0 Å². The number of hydrogen-bond donors (Lipinski definition) is 10. The first-order chi connectivity index (χ1) is 35.8. The Morgan fingerprint density at radius 1 is 0.558 bits per heavy atom. The van der Waals surface area contributed by atoms with E-state index in [2.05, 4.69) is 56.5 Å². The zero-order valence-corrected chi connectivity index (χ0v) is 44.9. The summed E-state index contributed by atoms with van der Waals surface area (Å²) in [6.45, 7) is 2.60. The van der Waals surface area contributed by atoms with Crippen LogP contribution < -0.4 is 31.5 Å². The summed E-state index contributed by atoms with van der Waals surface area (Å²) in [5.41, 5.74) is 0.512. The van der Waals surface area contributed by atoms with Crippen LogP contribution in [0.25, 0.3) is 12.2 Å². The summed E-state index contributed by atoms with van der Waals surface area (Å²) in [5.74, 6) is -4.15. The van der Waals surface area contributed by atoms with Crippen molar-refractivity contribution in [1.29, 1.82) is 0 Å². The van der Waals surface area contributed by atoms with Crippen molar-refractivity contribution in [3.05, 3.63) is 101 Å². The molecule has 6 aromatic rings. The van der Waals surface area contributed by atoms with E-state index in [1.165, 1.54) is 71.6 Å². The van der Waals surface area contributed by atoms with Crippen molar-refractivity contribution in [3.63, 3.8) is 0 Å². The molecule has 77 heavy (non-hydrogen) atoms. The second kappa shape index (κ2) is 23.6. The average Bonchev–Trinajstić information content (AvgIpc) is 3.31. The second-order valence-electron chi connectivity index (χ2n) is 15.9. The lowest BCUT2D eigenvalue weighted by molar-refractivity contribution is 0.397. The Kier molecular flexibility index (Phi) is 18.2. The Balaban J connectivity index is 1.36. The van der Waals surface area contributed by atoms with Crippen LogP contribution in [0.1, 0.15) is 29.2 Å². The average molecular weight is 1190 g/mol. The van der Waals surface area contributed by atoms with Crippen molar-refractivity contribution in [2.45, 2.75) is 34.3 Å². The molecule has 0 radical (unpaired) electrons. The standard InChI is InChI=1S/C41H46N12O18S6/c1-4-53(18-20-73(57,58)59)41-51-38(50-40(52-41)46-33-23-31(75(63,64)65)16-9-25(33)2)44-30-15-13-27(35(22-30)77(69,70)71-3)11-10-26-12-14-29(21-28(26)24-74(60,61)62)43-37-47-36(42-17-19-72(54,55)56)48-39(49-37)45-32-7-5-6-8-34(32)76(66,67)68/h5-16,21-23H,4,17-20,24H2,1-3H3,(H,54,55,56)(H,57,58,59)(H,60,61,62)(H,63,64,65)(H,66,67,68)(H2,44,46,50,51,52)(H3,42,43,45,47,48,49)/b11-10+. The van der Waals surface area contributed by atoms with Crippen LogP contribution >= 0.6 is 0 Å².